The lowest BCUT2D eigenvalue weighted by molar-refractivity contribution is -0.189. The molecule has 1 aliphatic heterocycles. The Hall–Kier alpha value is -1.98. The minimum Gasteiger partial charge on any atom is -0.491 e. The van der Waals surface area contributed by atoms with Crippen LogP contribution in [0.2, 0.25) is 0 Å². The predicted molar refractivity (Wildman–Crippen MR) is 127 cm³/mol. The van der Waals surface area contributed by atoms with E-state index < -0.39 is 0 Å². The van der Waals surface area contributed by atoms with Gasteiger partial charge in [-0.3, -0.25) is 0 Å². The highest BCUT2D eigenvalue weighted by molar-refractivity contribution is 5.62. The second kappa shape index (κ2) is 11.8. The van der Waals surface area contributed by atoms with Crippen molar-refractivity contribution < 1.29 is 14.2 Å². The maximum Gasteiger partial charge on any atom is 0.169 e. The Morgan fingerprint density at radius 2 is 1.62 bits per heavy atom. The number of rotatable bonds is 11. The Morgan fingerprint density at radius 1 is 0.906 bits per heavy atom. The Balaban J connectivity index is 1.20. The third kappa shape index (κ3) is 6.52. The topological polar surface area (TPSA) is 53.5 Å². The van der Waals surface area contributed by atoms with Crippen molar-refractivity contribution in [2.24, 2.45) is 0 Å². The largest absolute Gasteiger partial charge is 0.491 e. The van der Waals surface area contributed by atoms with E-state index in [0.717, 1.165) is 42.0 Å². The summed E-state index contributed by atoms with van der Waals surface area (Å²) in [5.74, 6) is 1.46. The molecule has 0 N–H and O–H groups in total. The van der Waals surface area contributed by atoms with Gasteiger partial charge in [0.05, 0.1) is 6.61 Å². The van der Waals surface area contributed by atoms with E-state index in [0.29, 0.717) is 13.2 Å². The molecular formula is C27H38N2O3. The van der Waals surface area contributed by atoms with Crippen LogP contribution >= 0.6 is 0 Å². The second-order valence-corrected chi connectivity index (χ2v) is 9.26. The maximum absolute atomic E-state index is 6.20. The van der Waals surface area contributed by atoms with Crippen LogP contribution in [0.3, 0.4) is 0 Å². The Bertz CT molecular complexity index is 801. The molecule has 2 aliphatic rings. The third-order valence-electron chi connectivity index (χ3n) is 6.61. The first-order valence-corrected chi connectivity index (χ1v) is 12.6. The first kappa shape index (κ1) is 23.2. The summed E-state index contributed by atoms with van der Waals surface area (Å²) in [6.07, 6.45) is 18.3. The van der Waals surface area contributed by atoms with Gasteiger partial charge in [-0.1, -0.05) is 57.6 Å². The van der Waals surface area contributed by atoms with Gasteiger partial charge >= 0.3 is 0 Å². The average molecular weight is 439 g/mol. The van der Waals surface area contributed by atoms with Gasteiger partial charge in [-0.05, 0) is 37.0 Å². The van der Waals surface area contributed by atoms with Gasteiger partial charge in [0.2, 0.25) is 0 Å². The summed E-state index contributed by atoms with van der Waals surface area (Å²) in [5, 5.41) is 0. The molecule has 5 heteroatoms. The van der Waals surface area contributed by atoms with Gasteiger partial charge in [-0.2, -0.15) is 0 Å². The van der Waals surface area contributed by atoms with Crippen molar-refractivity contribution in [3.63, 3.8) is 0 Å². The van der Waals surface area contributed by atoms with E-state index in [1.807, 2.05) is 24.5 Å². The standard InChI is InChI=1S/C27H38N2O3/c1-2-3-4-5-6-8-11-26-28-18-23(19-29-26)22-12-14-24(15-13-22)30-20-25-21-31-27(32-25)16-9-7-10-17-27/h12-15,18-19,25H,2-11,16-17,20-21H2,1H3. The minimum atomic E-state index is -0.336. The van der Waals surface area contributed by atoms with Crippen LogP contribution in [-0.2, 0) is 15.9 Å². The van der Waals surface area contributed by atoms with Gasteiger partial charge in [-0.25, -0.2) is 9.97 Å². The van der Waals surface area contributed by atoms with Crippen LogP contribution < -0.4 is 4.74 Å². The van der Waals surface area contributed by atoms with Gasteiger partial charge in [0.25, 0.3) is 0 Å². The first-order valence-electron chi connectivity index (χ1n) is 12.6. The SMILES string of the molecule is CCCCCCCCc1ncc(-c2ccc(OCC3COC4(CCCCC4)O3)cc2)cn1. The lowest BCUT2D eigenvalue weighted by Gasteiger charge is -2.31. The number of benzene rings is 1. The van der Waals surface area contributed by atoms with Crippen molar-refractivity contribution in [3.05, 3.63) is 42.5 Å². The molecule has 0 amide bonds. The number of unbranched alkanes of at least 4 members (excludes halogenated alkanes) is 5. The molecule has 2 fully saturated rings. The molecule has 2 aromatic rings. The molecule has 5 nitrogen and oxygen atoms in total. The van der Waals surface area contributed by atoms with Crippen molar-refractivity contribution in [1.29, 1.82) is 0 Å². The zero-order valence-corrected chi connectivity index (χ0v) is 19.6. The molecule has 1 spiro atoms. The third-order valence-corrected chi connectivity index (χ3v) is 6.61. The maximum atomic E-state index is 6.20. The summed E-state index contributed by atoms with van der Waals surface area (Å²) in [7, 11) is 0. The number of nitrogens with zero attached hydrogens (tertiary/aromatic N) is 2. The zero-order chi connectivity index (χ0) is 22.1. The smallest absolute Gasteiger partial charge is 0.169 e. The molecule has 32 heavy (non-hydrogen) atoms. The molecule has 1 aliphatic carbocycles. The molecule has 1 aromatic carbocycles. The molecule has 174 valence electrons. The van der Waals surface area contributed by atoms with E-state index in [1.165, 1.54) is 57.8 Å². The van der Waals surface area contributed by atoms with Gasteiger partial charge in [0.1, 0.15) is 24.3 Å². The number of hydrogen-bond donors (Lipinski definition) is 0. The average Bonchev–Trinajstić information content (AvgIpc) is 3.23. The Morgan fingerprint density at radius 3 is 2.38 bits per heavy atom. The van der Waals surface area contributed by atoms with Crippen LogP contribution in [-0.4, -0.2) is 35.1 Å². The van der Waals surface area contributed by atoms with Crippen LogP contribution in [0.15, 0.2) is 36.7 Å². The molecule has 0 bridgehead atoms. The molecule has 2 heterocycles. The van der Waals surface area contributed by atoms with E-state index in [-0.39, 0.29) is 11.9 Å². The van der Waals surface area contributed by atoms with E-state index in [1.54, 1.807) is 0 Å². The molecule has 1 unspecified atom stereocenters. The molecule has 4 rings (SSSR count). The molecular weight excluding hydrogens is 400 g/mol. The highest BCUT2D eigenvalue weighted by Gasteiger charge is 2.42. The number of ether oxygens (including phenoxy) is 3. The summed E-state index contributed by atoms with van der Waals surface area (Å²) in [4.78, 5) is 9.14. The first-order chi connectivity index (χ1) is 15.8. The van der Waals surface area contributed by atoms with E-state index in [9.17, 15) is 0 Å². The molecule has 1 atom stereocenters. The number of aryl methyl sites for hydroxylation is 1. The quantitative estimate of drug-likeness (QED) is 0.375. The summed E-state index contributed by atoms with van der Waals surface area (Å²) in [6.45, 7) is 3.40. The summed E-state index contributed by atoms with van der Waals surface area (Å²) in [5.41, 5.74) is 2.14. The van der Waals surface area contributed by atoms with Crippen molar-refractivity contribution in [3.8, 4) is 16.9 Å². The fourth-order valence-electron chi connectivity index (χ4n) is 4.68. The van der Waals surface area contributed by atoms with Crippen LogP contribution in [0.5, 0.6) is 5.75 Å². The van der Waals surface area contributed by atoms with Crippen molar-refractivity contribution >= 4 is 0 Å². The van der Waals surface area contributed by atoms with Gasteiger partial charge in [0.15, 0.2) is 5.79 Å². The van der Waals surface area contributed by atoms with Crippen LogP contribution in [0, 0.1) is 0 Å². The van der Waals surface area contributed by atoms with Crippen molar-refractivity contribution in [2.75, 3.05) is 13.2 Å². The second-order valence-electron chi connectivity index (χ2n) is 9.26. The van der Waals surface area contributed by atoms with Crippen molar-refractivity contribution in [1.82, 2.24) is 9.97 Å². The molecule has 1 saturated heterocycles. The highest BCUT2D eigenvalue weighted by atomic mass is 16.7. The molecule has 1 aromatic heterocycles. The fraction of sp³-hybridized carbons (Fsp3) is 0.630. The number of hydrogen-bond acceptors (Lipinski definition) is 5. The minimum absolute atomic E-state index is 0.0142. The van der Waals surface area contributed by atoms with Crippen LogP contribution in [0.4, 0.5) is 0 Å². The fourth-order valence-corrected chi connectivity index (χ4v) is 4.68. The van der Waals surface area contributed by atoms with E-state index in [4.69, 9.17) is 14.2 Å². The van der Waals surface area contributed by atoms with Gasteiger partial charge in [-0.15, -0.1) is 0 Å². The number of aromatic nitrogens is 2. The van der Waals surface area contributed by atoms with Crippen molar-refractivity contribution in [2.45, 2.75) is 95.9 Å². The summed E-state index contributed by atoms with van der Waals surface area (Å²) < 4.78 is 18.2. The normalized spacial score (nSPS) is 20.0. The highest BCUT2D eigenvalue weighted by Crippen LogP contribution is 2.37. The van der Waals surface area contributed by atoms with E-state index >= 15 is 0 Å². The monoisotopic (exact) mass is 438 g/mol. The molecule has 1 saturated carbocycles. The summed E-state index contributed by atoms with van der Waals surface area (Å²) in [6, 6.07) is 8.14. The van der Waals surface area contributed by atoms with Gasteiger partial charge < -0.3 is 14.2 Å². The predicted octanol–water partition coefficient (Wildman–Crippen LogP) is 6.50. The van der Waals surface area contributed by atoms with Crippen LogP contribution in [0.25, 0.3) is 11.1 Å². The Labute approximate surface area is 192 Å². The summed E-state index contributed by atoms with van der Waals surface area (Å²) >= 11 is 0. The van der Waals surface area contributed by atoms with Crippen LogP contribution in [0.1, 0.15) is 83.4 Å². The lowest BCUT2D eigenvalue weighted by Crippen LogP contribution is -2.34. The van der Waals surface area contributed by atoms with E-state index in [2.05, 4.69) is 29.0 Å². The molecule has 0 radical (unpaired) electrons. The zero-order valence-electron chi connectivity index (χ0n) is 19.6. The van der Waals surface area contributed by atoms with Gasteiger partial charge in [0, 0.05) is 37.2 Å². The Kier molecular flexibility index (Phi) is 8.52. The lowest BCUT2D eigenvalue weighted by atomic mass is 9.94.